The van der Waals surface area contributed by atoms with Gasteiger partial charge in [0.05, 0.1) is 24.9 Å². The summed E-state index contributed by atoms with van der Waals surface area (Å²) in [5.41, 5.74) is 2.30. The standard InChI is InChI=1S/C26H34N2O4/c1-3-27-17-24(20-8-6-5-7-9-20)32-26(19-27)12-14-28(15-13-26)25(30)21-10-11-22(18-29)23(16-21)31-4-2/h5-11,16,24,29H,3-4,12-15,17-19H2,1-2H3. The van der Waals surface area contributed by atoms with Gasteiger partial charge in [-0.05, 0) is 44.0 Å². The lowest BCUT2D eigenvalue weighted by Crippen LogP contribution is -2.58. The number of benzene rings is 2. The van der Waals surface area contributed by atoms with Gasteiger partial charge in [0.1, 0.15) is 5.75 Å². The molecular weight excluding hydrogens is 404 g/mol. The predicted octanol–water partition coefficient (Wildman–Crippen LogP) is 3.65. The van der Waals surface area contributed by atoms with Crippen molar-refractivity contribution >= 4 is 5.91 Å². The zero-order valence-electron chi connectivity index (χ0n) is 19.1. The normalized spacial score (nSPS) is 21.0. The SMILES string of the molecule is CCOc1cc(C(=O)N2CCC3(CC2)CN(CC)CC(c2ccccc2)O3)ccc1CO. The molecule has 2 aromatic rings. The number of carbonyl (C=O) groups excluding carboxylic acids is 1. The number of nitrogens with zero attached hydrogens (tertiary/aromatic N) is 2. The summed E-state index contributed by atoms with van der Waals surface area (Å²) in [5, 5.41) is 9.52. The Morgan fingerprint density at radius 3 is 2.56 bits per heavy atom. The summed E-state index contributed by atoms with van der Waals surface area (Å²) < 4.78 is 12.3. The molecule has 2 aliphatic heterocycles. The average Bonchev–Trinajstić information content (AvgIpc) is 2.84. The molecule has 2 saturated heterocycles. The Morgan fingerprint density at radius 1 is 1.16 bits per heavy atom. The van der Waals surface area contributed by atoms with Crippen molar-refractivity contribution in [1.29, 1.82) is 0 Å². The number of piperidine rings is 1. The number of likely N-dealkylation sites (N-methyl/N-ethyl adjacent to an activating group) is 1. The third-order valence-corrected chi connectivity index (χ3v) is 6.69. The second-order valence-electron chi connectivity index (χ2n) is 8.73. The number of hydrogen-bond donors (Lipinski definition) is 1. The van der Waals surface area contributed by atoms with Crippen LogP contribution >= 0.6 is 0 Å². The first-order valence-corrected chi connectivity index (χ1v) is 11.7. The van der Waals surface area contributed by atoms with E-state index < -0.39 is 0 Å². The van der Waals surface area contributed by atoms with Gasteiger partial charge < -0.3 is 19.5 Å². The topological polar surface area (TPSA) is 62.2 Å². The summed E-state index contributed by atoms with van der Waals surface area (Å²) in [4.78, 5) is 17.6. The van der Waals surface area contributed by atoms with Gasteiger partial charge >= 0.3 is 0 Å². The van der Waals surface area contributed by atoms with E-state index in [0.29, 0.717) is 36.6 Å². The number of hydrogen-bond acceptors (Lipinski definition) is 5. The Hall–Kier alpha value is -2.41. The minimum atomic E-state index is -0.219. The van der Waals surface area contributed by atoms with E-state index in [9.17, 15) is 9.90 Å². The van der Waals surface area contributed by atoms with Crippen LogP contribution in [0.3, 0.4) is 0 Å². The van der Waals surface area contributed by atoms with Gasteiger partial charge in [-0.15, -0.1) is 0 Å². The molecule has 0 aromatic heterocycles. The van der Waals surface area contributed by atoms with Crippen LogP contribution in [-0.2, 0) is 11.3 Å². The van der Waals surface area contributed by atoms with Crippen LogP contribution in [0, 0.1) is 0 Å². The molecule has 0 saturated carbocycles. The Labute approximate surface area is 190 Å². The van der Waals surface area contributed by atoms with Gasteiger partial charge in [0.25, 0.3) is 5.91 Å². The fraction of sp³-hybridized carbons (Fsp3) is 0.500. The van der Waals surface area contributed by atoms with Crippen LogP contribution in [0.1, 0.15) is 54.3 Å². The number of rotatable bonds is 6. The van der Waals surface area contributed by atoms with Crippen LogP contribution in [0.25, 0.3) is 0 Å². The van der Waals surface area contributed by atoms with E-state index in [1.54, 1.807) is 18.2 Å². The van der Waals surface area contributed by atoms with Crippen molar-refractivity contribution in [3.8, 4) is 5.75 Å². The van der Waals surface area contributed by atoms with Crippen molar-refractivity contribution in [3.05, 3.63) is 65.2 Å². The minimum Gasteiger partial charge on any atom is -0.493 e. The minimum absolute atomic E-state index is 0.00746. The highest BCUT2D eigenvalue weighted by molar-refractivity contribution is 5.94. The molecule has 6 heteroatoms. The van der Waals surface area contributed by atoms with Crippen LogP contribution in [0.5, 0.6) is 5.75 Å². The molecule has 2 aliphatic rings. The third kappa shape index (κ3) is 4.82. The van der Waals surface area contributed by atoms with Crippen molar-refractivity contribution in [1.82, 2.24) is 9.80 Å². The summed E-state index contributed by atoms with van der Waals surface area (Å²) in [7, 11) is 0. The molecule has 2 aromatic carbocycles. The molecule has 1 unspecified atom stereocenters. The molecule has 32 heavy (non-hydrogen) atoms. The molecule has 2 heterocycles. The van der Waals surface area contributed by atoms with E-state index >= 15 is 0 Å². The number of aliphatic hydroxyl groups excluding tert-OH is 1. The highest BCUT2D eigenvalue weighted by Gasteiger charge is 2.43. The van der Waals surface area contributed by atoms with Gasteiger partial charge in [-0.1, -0.05) is 43.3 Å². The number of morpholine rings is 1. The molecule has 1 atom stereocenters. The Morgan fingerprint density at radius 2 is 1.91 bits per heavy atom. The summed E-state index contributed by atoms with van der Waals surface area (Å²) in [6.45, 7) is 8.63. The number of aliphatic hydroxyl groups is 1. The molecule has 1 spiro atoms. The molecule has 0 bridgehead atoms. The van der Waals surface area contributed by atoms with Crippen molar-refractivity contribution < 1.29 is 19.4 Å². The molecule has 1 N–H and O–H groups in total. The lowest BCUT2D eigenvalue weighted by molar-refractivity contribution is -0.175. The van der Waals surface area contributed by atoms with Crippen LogP contribution in [0.2, 0.25) is 0 Å². The summed E-state index contributed by atoms with van der Waals surface area (Å²) >= 11 is 0. The first kappa shape index (κ1) is 22.8. The smallest absolute Gasteiger partial charge is 0.253 e. The molecule has 0 aliphatic carbocycles. The van der Waals surface area contributed by atoms with Crippen molar-refractivity contribution in [2.75, 3.05) is 39.3 Å². The highest BCUT2D eigenvalue weighted by atomic mass is 16.5. The van der Waals surface area contributed by atoms with Crippen LogP contribution in [0.15, 0.2) is 48.5 Å². The van der Waals surface area contributed by atoms with Crippen molar-refractivity contribution in [2.45, 2.75) is 45.0 Å². The predicted molar refractivity (Wildman–Crippen MR) is 124 cm³/mol. The van der Waals surface area contributed by atoms with Crippen LogP contribution in [0.4, 0.5) is 0 Å². The molecule has 2 fully saturated rings. The quantitative estimate of drug-likeness (QED) is 0.746. The first-order chi connectivity index (χ1) is 15.6. The summed E-state index contributed by atoms with van der Waals surface area (Å²) in [5.74, 6) is 0.585. The first-order valence-electron chi connectivity index (χ1n) is 11.7. The second kappa shape index (κ2) is 10.0. The van der Waals surface area contributed by atoms with E-state index in [1.807, 2.05) is 17.9 Å². The number of likely N-dealkylation sites (tertiary alicyclic amines) is 1. The van der Waals surface area contributed by atoms with Gasteiger partial charge in [-0.2, -0.15) is 0 Å². The summed E-state index contributed by atoms with van der Waals surface area (Å²) in [6, 6.07) is 15.8. The highest BCUT2D eigenvalue weighted by Crippen LogP contribution is 2.38. The molecule has 1 amide bonds. The van der Waals surface area contributed by atoms with Gasteiger partial charge in [-0.3, -0.25) is 9.69 Å². The van der Waals surface area contributed by atoms with Gasteiger partial charge in [0.2, 0.25) is 0 Å². The molecular formula is C26H34N2O4. The average molecular weight is 439 g/mol. The number of amides is 1. The maximum absolute atomic E-state index is 13.2. The van der Waals surface area contributed by atoms with Crippen LogP contribution in [-0.4, -0.2) is 65.7 Å². The molecule has 4 rings (SSSR count). The lowest BCUT2D eigenvalue weighted by Gasteiger charge is -2.50. The lowest BCUT2D eigenvalue weighted by atomic mass is 9.87. The largest absolute Gasteiger partial charge is 0.493 e. The van der Waals surface area contributed by atoms with E-state index in [1.165, 1.54) is 5.56 Å². The third-order valence-electron chi connectivity index (χ3n) is 6.69. The Bertz CT molecular complexity index is 909. The van der Waals surface area contributed by atoms with E-state index in [0.717, 1.165) is 32.5 Å². The maximum Gasteiger partial charge on any atom is 0.253 e. The van der Waals surface area contributed by atoms with E-state index in [4.69, 9.17) is 9.47 Å². The molecule has 6 nitrogen and oxygen atoms in total. The van der Waals surface area contributed by atoms with E-state index in [-0.39, 0.29) is 24.2 Å². The second-order valence-corrected chi connectivity index (χ2v) is 8.73. The monoisotopic (exact) mass is 438 g/mol. The Kier molecular flexibility index (Phi) is 7.13. The van der Waals surface area contributed by atoms with Crippen LogP contribution < -0.4 is 4.74 Å². The summed E-state index contributed by atoms with van der Waals surface area (Å²) in [6.07, 6.45) is 1.71. The van der Waals surface area contributed by atoms with Gasteiger partial charge in [-0.25, -0.2) is 0 Å². The maximum atomic E-state index is 13.2. The van der Waals surface area contributed by atoms with Crippen molar-refractivity contribution in [3.63, 3.8) is 0 Å². The number of ether oxygens (including phenoxy) is 2. The van der Waals surface area contributed by atoms with Gasteiger partial charge in [0.15, 0.2) is 0 Å². The number of carbonyl (C=O) groups is 1. The fourth-order valence-electron chi connectivity index (χ4n) is 4.85. The van der Waals surface area contributed by atoms with Gasteiger partial charge in [0, 0.05) is 37.3 Å². The molecule has 172 valence electrons. The Balaban J connectivity index is 1.45. The fourth-order valence-corrected chi connectivity index (χ4v) is 4.85. The van der Waals surface area contributed by atoms with Crippen molar-refractivity contribution in [2.24, 2.45) is 0 Å². The zero-order chi connectivity index (χ0) is 22.6. The van der Waals surface area contributed by atoms with E-state index in [2.05, 4.69) is 36.1 Å². The zero-order valence-corrected chi connectivity index (χ0v) is 19.1. The molecule has 0 radical (unpaired) electrons.